The lowest BCUT2D eigenvalue weighted by Gasteiger charge is -2.18. The zero-order valence-corrected chi connectivity index (χ0v) is 12.1. The molecule has 118 valence electrons. The van der Waals surface area contributed by atoms with Crippen LogP contribution in [0.15, 0.2) is 24.3 Å². The molecule has 2 amide bonds. The maximum Gasteiger partial charge on any atom is 0.418 e. The average Bonchev–Trinajstić information content (AvgIpc) is 2.43. The van der Waals surface area contributed by atoms with E-state index in [1.54, 1.807) is 0 Å². The lowest BCUT2D eigenvalue weighted by molar-refractivity contribution is -0.136. The van der Waals surface area contributed by atoms with Crippen LogP contribution in [0.25, 0.3) is 0 Å². The van der Waals surface area contributed by atoms with Gasteiger partial charge in [0.25, 0.3) is 0 Å². The fourth-order valence-electron chi connectivity index (χ4n) is 1.87. The van der Waals surface area contributed by atoms with Gasteiger partial charge >= 0.3 is 12.2 Å². The average molecular weight is 303 g/mol. The molecule has 0 unspecified atom stereocenters. The summed E-state index contributed by atoms with van der Waals surface area (Å²) in [5, 5.41) is 4.79. The van der Waals surface area contributed by atoms with Gasteiger partial charge in [-0.05, 0) is 25.2 Å². The van der Waals surface area contributed by atoms with Crippen molar-refractivity contribution < 1.29 is 18.0 Å². The molecule has 0 heterocycles. The van der Waals surface area contributed by atoms with Crippen molar-refractivity contribution >= 4 is 11.7 Å². The Labute approximate surface area is 122 Å². The van der Waals surface area contributed by atoms with Gasteiger partial charge < -0.3 is 15.5 Å². The first-order chi connectivity index (χ1) is 9.88. The number of nitrogens with one attached hydrogen (secondary N) is 2. The molecule has 0 fully saturated rings. The minimum absolute atomic E-state index is 0.245. The van der Waals surface area contributed by atoms with Crippen LogP contribution in [-0.2, 0) is 6.18 Å². The van der Waals surface area contributed by atoms with Crippen molar-refractivity contribution in [2.75, 3.05) is 31.5 Å². The highest BCUT2D eigenvalue weighted by molar-refractivity contribution is 5.90. The first kappa shape index (κ1) is 17.3. The molecule has 0 aromatic heterocycles. The summed E-state index contributed by atoms with van der Waals surface area (Å²) < 4.78 is 38.3. The largest absolute Gasteiger partial charge is 0.418 e. The maximum absolute atomic E-state index is 12.8. The fraction of sp³-hybridized carbons (Fsp3) is 0.500. The van der Waals surface area contributed by atoms with Crippen LogP contribution in [-0.4, -0.2) is 37.1 Å². The van der Waals surface area contributed by atoms with Crippen LogP contribution in [0.1, 0.15) is 19.4 Å². The van der Waals surface area contributed by atoms with Crippen LogP contribution in [0.2, 0.25) is 0 Å². The number of carbonyl (C=O) groups excluding carboxylic acids is 1. The van der Waals surface area contributed by atoms with Crippen LogP contribution in [0.3, 0.4) is 0 Å². The number of anilines is 1. The van der Waals surface area contributed by atoms with E-state index in [2.05, 4.69) is 15.5 Å². The molecule has 0 aliphatic carbocycles. The summed E-state index contributed by atoms with van der Waals surface area (Å²) in [5.41, 5.74) is -1.10. The highest BCUT2D eigenvalue weighted by atomic mass is 19.4. The zero-order chi connectivity index (χ0) is 15.9. The molecule has 0 spiro atoms. The molecule has 21 heavy (non-hydrogen) atoms. The monoisotopic (exact) mass is 303 g/mol. The number of nitrogens with zero attached hydrogens (tertiary/aromatic N) is 1. The van der Waals surface area contributed by atoms with E-state index in [4.69, 9.17) is 0 Å². The topological polar surface area (TPSA) is 44.4 Å². The normalized spacial score (nSPS) is 11.5. The maximum atomic E-state index is 12.8. The van der Waals surface area contributed by atoms with Crippen molar-refractivity contribution in [1.29, 1.82) is 0 Å². The number of likely N-dealkylation sites (N-methyl/N-ethyl adjacent to an activating group) is 1. The predicted octanol–water partition coefficient (Wildman–Crippen LogP) is 3.17. The number of halogens is 3. The van der Waals surface area contributed by atoms with Crippen molar-refractivity contribution in [1.82, 2.24) is 10.2 Å². The molecule has 1 aromatic carbocycles. The lowest BCUT2D eigenvalue weighted by atomic mass is 10.1. The van der Waals surface area contributed by atoms with Gasteiger partial charge in [-0.1, -0.05) is 26.0 Å². The molecule has 0 saturated heterocycles. The van der Waals surface area contributed by atoms with E-state index >= 15 is 0 Å². The summed E-state index contributed by atoms with van der Waals surface area (Å²) in [5.74, 6) is 0. The van der Waals surface area contributed by atoms with Gasteiger partial charge in [0.15, 0.2) is 0 Å². The van der Waals surface area contributed by atoms with E-state index in [-0.39, 0.29) is 5.69 Å². The summed E-state index contributed by atoms with van der Waals surface area (Å²) in [4.78, 5) is 13.7. The minimum atomic E-state index is -4.49. The number of carbonyl (C=O) groups is 1. The Kier molecular flexibility index (Phi) is 6.48. The number of rotatable bonds is 6. The van der Waals surface area contributed by atoms with Gasteiger partial charge in [-0.2, -0.15) is 13.2 Å². The summed E-state index contributed by atoms with van der Waals surface area (Å²) >= 11 is 0. The molecule has 0 radical (unpaired) electrons. The van der Waals surface area contributed by atoms with Crippen LogP contribution >= 0.6 is 0 Å². The van der Waals surface area contributed by atoms with E-state index in [9.17, 15) is 18.0 Å². The van der Waals surface area contributed by atoms with Gasteiger partial charge in [0, 0.05) is 13.1 Å². The third-order valence-corrected chi connectivity index (χ3v) is 3.09. The summed E-state index contributed by atoms with van der Waals surface area (Å²) in [7, 11) is 0. The van der Waals surface area contributed by atoms with E-state index in [1.807, 2.05) is 13.8 Å². The smallest absolute Gasteiger partial charge is 0.337 e. The molecule has 0 aliphatic rings. The highest BCUT2D eigenvalue weighted by Crippen LogP contribution is 2.34. The number of para-hydroxylation sites is 1. The minimum Gasteiger partial charge on any atom is -0.337 e. The first-order valence-corrected chi connectivity index (χ1v) is 6.81. The zero-order valence-electron chi connectivity index (χ0n) is 12.1. The van der Waals surface area contributed by atoms with E-state index in [1.165, 1.54) is 18.2 Å². The van der Waals surface area contributed by atoms with E-state index in [0.29, 0.717) is 13.1 Å². The molecule has 1 aromatic rings. The predicted molar refractivity (Wildman–Crippen MR) is 76.3 cm³/mol. The van der Waals surface area contributed by atoms with E-state index < -0.39 is 17.8 Å². The third-order valence-electron chi connectivity index (χ3n) is 3.09. The van der Waals surface area contributed by atoms with Crippen LogP contribution in [0, 0.1) is 0 Å². The molecular weight excluding hydrogens is 283 g/mol. The molecule has 4 nitrogen and oxygen atoms in total. The van der Waals surface area contributed by atoms with Crippen molar-refractivity contribution in [2.24, 2.45) is 0 Å². The van der Waals surface area contributed by atoms with Crippen LogP contribution in [0.4, 0.5) is 23.7 Å². The number of hydrogen-bond acceptors (Lipinski definition) is 2. The number of benzene rings is 1. The summed E-state index contributed by atoms with van der Waals surface area (Å²) in [6, 6.07) is 4.25. The first-order valence-electron chi connectivity index (χ1n) is 6.81. The molecule has 1 rings (SSSR count). The molecule has 0 saturated carbocycles. The van der Waals surface area contributed by atoms with Crippen LogP contribution < -0.4 is 10.6 Å². The molecule has 0 bridgehead atoms. The van der Waals surface area contributed by atoms with Crippen molar-refractivity contribution in [3.05, 3.63) is 29.8 Å². The van der Waals surface area contributed by atoms with Gasteiger partial charge in [-0.15, -0.1) is 0 Å². The van der Waals surface area contributed by atoms with Gasteiger partial charge in [0.2, 0.25) is 0 Å². The van der Waals surface area contributed by atoms with Gasteiger partial charge in [-0.25, -0.2) is 4.79 Å². The Hall–Kier alpha value is -1.76. The third kappa shape index (κ3) is 5.63. The fourth-order valence-corrected chi connectivity index (χ4v) is 1.87. The Morgan fingerprint density at radius 2 is 1.81 bits per heavy atom. The number of hydrogen-bond donors (Lipinski definition) is 2. The second kappa shape index (κ2) is 7.87. The SMILES string of the molecule is CCN(CC)CCNC(=O)Nc1ccccc1C(F)(F)F. The van der Waals surface area contributed by atoms with Gasteiger partial charge in [0.05, 0.1) is 11.3 Å². The molecular formula is C14H20F3N3O. The Bertz CT molecular complexity index is 459. The van der Waals surface area contributed by atoms with Gasteiger partial charge in [0.1, 0.15) is 0 Å². The second-order valence-electron chi connectivity index (χ2n) is 4.45. The molecule has 2 N–H and O–H groups in total. The lowest BCUT2D eigenvalue weighted by Crippen LogP contribution is -2.37. The second-order valence-corrected chi connectivity index (χ2v) is 4.45. The Morgan fingerprint density at radius 1 is 1.19 bits per heavy atom. The van der Waals surface area contributed by atoms with Crippen molar-refractivity contribution in [3.63, 3.8) is 0 Å². The summed E-state index contributed by atoms with van der Waals surface area (Å²) in [6.45, 7) is 6.75. The van der Waals surface area contributed by atoms with Crippen molar-refractivity contribution in [3.8, 4) is 0 Å². The standard InChI is InChI=1S/C14H20F3N3O/c1-3-20(4-2)10-9-18-13(21)19-12-8-6-5-7-11(12)14(15,16)17/h5-8H,3-4,9-10H2,1-2H3,(H2,18,19,21). The molecule has 0 aliphatic heterocycles. The van der Waals surface area contributed by atoms with Gasteiger partial charge in [-0.3, -0.25) is 0 Å². The van der Waals surface area contributed by atoms with Crippen LogP contribution in [0.5, 0.6) is 0 Å². The highest BCUT2D eigenvalue weighted by Gasteiger charge is 2.33. The Balaban J connectivity index is 2.56. The van der Waals surface area contributed by atoms with Crippen molar-refractivity contribution in [2.45, 2.75) is 20.0 Å². The molecule has 0 atom stereocenters. The number of urea groups is 1. The number of amides is 2. The number of alkyl halides is 3. The molecule has 7 heteroatoms. The summed E-state index contributed by atoms with van der Waals surface area (Å²) in [6.07, 6.45) is -4.49. The Morgan fingerprint density at radius 3 is 2.38 bits per heavy atom. The quantitative estimate of drug-likeness (QED) is 0.848. The van der Waals surface area contributed by atoms with E-state index in [0.717, 1.165) is 19.2 Å².